The van der Waals surface area contributed by atoms with Gasteiger partial charge in [0.1, 0.15) is 12.3 Å². The van der Waals surface area contributed by atoms with Gasteiger partial charge in [0.2, 0.25) is 0 Å². The summed E-state index contributed by atoms with van der Waals surface area (Å²) < 4.78 is 5.32. The maximum atomic E-state index is 12.6. The van der Waals surface area contributed by atoms with Gasteiger partial charge in [-0.05, 0) is 24.6 Å². The van der Waals surface area contributed by atoms with Crippen LogP contribution in [0.5, 0.6) is 5.75 Å². The molecule has 0 aromatic heterocycles. The van der Waals surface area contributed by atoms with E-state index in [1.807, 2.05) is 31.2 Å². The van der Waals surface area contributed by atoms with E-state index in [-0.39, 0.29) is 5.91 Å². The molecule has 1 heterocycles. The van der Waals surface area contributed by atoms with Crippen molar-refractivity contribution in [2.75, 3.05) is 20.2 Å². The van der Waals surface area contributed by atoms with Crippen molar-refractivity contribution in [3.8, 4) is 5.75 Å². The highest BCUT2D eigenvalue weighted by Gasteiger charge is 2.18. The quantitative estimate of drug-likeness (QED) is 0.846. The minimum atomic E-state index is -0.0936. The molecule has 1 fully saturated rings. The zero-order valence-corrected chi connectivity index (χ0v) is 15.1. The molecular weight excluding hydrogens is 312 g/mol. The summed E-state index contributed by atoms with van der Waals surface area (Å²) in [7, 11) is 1.59. The first-order chi connectivity index (χ1) is 12.2. The van der Waals surface area contributed by atoms with Gasteiger partial charge in [0.15, 0.2) is 0 Å². The fourth-order valence-electron chi connectivity index (χ4n) is 3.49. The van der Waals surface area contributed by atoms with Crippen molar-refractivity contribution < 1.29 is 14.4 Å². The summed E-state index contributed by atoms with van der Waals surface area (Å²) in [5.41, 5.74) is 4.16. The topological polar surface area (TPSA) is 42.8 Å². The van der Waals surface area contributed by atoms with Crippen LogP contribution in [0.4, 0.5) is 0 Å². The molecule has 25 heavy (non-hydrogen) atoms. The van der Waals surface area contributed by atoms with Gasteiger partial charge in [-0.2, -0.15) is 0 Å². The maximum Gasteiger partial charge on any atom is 0.255 e. The molecule has 2 N–H and O–H groups in total. The van der Waals surface area contributed by atoms with Crippen LogP contribution in [-0.4, -0.2) is 26.1 Å². The number of benzene rings is 2. The van der Waals surface area contributed by atoms with E-state index in [9.17, 15) is 4.79 Å². The number of hydrogen-bond acceptors (Lipinski definition) is 2. The number of nitrogens with one attached hydrogen (secondary N) is 2. The molecule has 1 aliphatic rings. The van der Waals surface area contributed by atoms with Crippen molar-refractivity contribution in [1.29, 1.82) is 0 Å². The lowest BCUT2D eigenvalue weighted by molar-refractivity contribution is -0.901. The fourth-order valence-corrected chi connectivity index (χ4v) is 3.49. The molecule has 1 aliphatic heterocycles. The standard InChI is InChI=1S/C21H26N2O2/c1-16-9-10-20(25-2)19(13-16)21(24)22-14-17-7-3-4-8-18(17)15-23-11-5-6-12-23/h3-4,7-10,13H,5-6,11-12,14-15H2,1-2H3,(H,22,24)/p+1. The summed E-state index contributed by atoms with van der Waals surface area (Å²) in [5.74, 6) is 0.516. The van der Waals surface area contributed by atoms with E-state index in [1.165, 1.54) is 37.1 Å². The Hall–Kier alpha value is -2.33. The van der Waals surface area contributed by atoms with E-state index in [2.05, 4.69) is 23.5 Å². The van der Waals surface area contributed by atoms with Crippen LogP contribution in [0.3, 0.4) is 0 Å². The number of rotatable bonds is 6. The van der Waals surface area contributed by atoms with Crippen LogP contribution in [0.15, 0.2) is 42.5 Å². The number of likely N-dealkylation sites (tertiary alicyclic amines) is 1. The van der Waals surface area contributed by atoms with E-state index in [4.69, 9.17) is 4.74 Å². The Labute approximate surface area is 149 Å². The minimum Gasteiger partial charge on any atom is -0.496 e. The molecular formula is C21H27N2O2+. The summed E-state index contributed by atoms with van der Waals surface area (Å²) >= 11 is 0. The number of ether oxygens (including phenoxy) is 1. The SMILES string of the molecule is COc1ccc(C)cc1C(=O)NCc1ccccc1C[NH+]1CCCC1. The summed E-state index contributed by atoms with van der Waals surface area (Å²) in [6.45, 7) is 6.06. The second-order valence-corrected chi connectivity index (χ2v) is 6.79. The Morgan fingerprint density at radius 2 is 1.84 bits per heavy atom. The van der Waals surface area contributed by atoms with Crippen LogP contribution in [0.2, 0.25) is 0 Å². The molecule has 1 saturated heterocycles. The smallest absolute Gasteiger partial charge is 0.255 e. The third-order valence-corrected chi connectivity index (χ3v) is 4.91. The van der Waals surface area contributed by atoms with Crippen molar-refractivity contribution in [1.82, 2.24) is 5.32 Å². The Morgan fingerprint density at radius 1 is 1.12 bits per heavy atom. The molecule has 0 radical (unpaired) electrons. The van der Waals surface area contributed by atoms with Crippen molar-refractivity contribution in [3.05, 3.63) is 64.7 Å². The molecule has 0 atom stereocenters. The summed E-state index contributed by atoms with van der Waals surface area (Å²) in [6.07, 6.45) is 2.64. The maximum absolute atomic E-state index is 12.6. The highest BCUT2D eigenvalue weighted by atomic mass is 16.5. The van der Waals surface area contributed by atoms with E-state index >= 15 is 0 Å². The predicted molar refractivity (Wildman–Crippen MR) is 99.0 cm³/mol. The molecule has 0 unspecified atom stereocenters. The van der Waals surface area contributed by atoms with Crippen LogP contribution < -0.4 is 15.0 Å². The molecule has 0 aliphatic carbocycles. The van der Waals surface area contributed by atoms with Crippen molar-refractivity contribution >= 4 is 5.91 Å². The molecule has 0 bridgehead atoms. The number of carbonyl (C=O) groups excluding carboxylic acids is 1. The Balaban J connectivity index is 1.69. The van der Waals surface area contributed by atoms with Crippen LogP contribution in [0.1, 0.15) is 39.9 Å². The van der Waals surface area contributed by atoms with Gasteiger partial charge in [-0.25, -0.2) is 0 Å². The van der Waals surface area contributed by atoms with Gasteiger partial charge in [-0.3, -0.25) is 4.79 Å². The summed E-state index contributed by atoms with van der Waals surface area (Å²) in [5, 5.41) is 3.05. The van der Waals surface area contributed by atoms with Crippen LogP contribution >= 0.6 is 0 Å². The van der Waals surface area contributed by atoms with E-state index < -0.39 is 0 Å². The third kappa shape index (κ3) is 4.40. The lowest BCUT2D eigenvalue weighted by Crippen LogP contribution is -3.08. The molecule has 1 amide bonds. The number of hydrogen-bond donors (Lipinski definition) is 2. The number of quaternary nitrogens is 1. The predicted octanol–water partition coefficient (Wildman–Crippen LogP) is 2.11. The van der Waals surface area contributed by atoms with Gasteiger partial charge < -0.3 is 15.0 Å². The molecule has 132 valence electrons. The fraction of sp³-hybridized carbons (Fsp3) is 0.381. The van der Waals surface area contributed by atoms with E-state index in [1.54, 1.807) is 12.0 Å². The first-order valence-electron chi connectivity index (χ1n) is 9.00. The van der Waals surface area contributed by atoms with Gasteiger partial charge in [0.05, 0.1) is 25.8 Å². The molecule has 3 rings (SSSR count). The third-order valence-electron chi connectivity index (χ3n) is 4.91. The number of methoxy groups -OCH3 is 1. The van der Waals surface area contributed by atoms with Gasteiger partial charge in [0, 0.05) is 24.9 Å². The normalized spacial score (nSPS) is 14.5. The summed E-state index contributed by atoms with van der Waals surface area (Å²) in [4.78, 5) is 14.2. The first kappa shape index (κ1) is 17.5. The van der Waals surface area contributed by atoms with Gasteiger partial charge in [-0.1, -0.05) is 35.9 Å². The first-order valence-corrected chi connectivity index (χ1v) is 9.00. The number of aryl methyl sites for hydroxylation is 1. The second kappa shape index (κ2) is 8.17. The van der Waals surface area contributed by atoms with Gasteiger partial charge >= 0.3 is 0 Å². The lowest BCUT2D eigenvalue weighted by atomic mass is 10.1. The average Bonchev–Trinajstić information content (AvgIpc) is 3.13. The second-order valence-electron chi connectivity index (χ2n) is 6.79. The Morgan fingerprint density at radius 3 is 2.56 bits per heavy atom. The zero-order chi connectivity index (χ0) is 17.6. The highest BCUT2D eigenvalue weighted by Crippen LogP contribution is 2.19. The Bertz CT molecular complexity index is 736. The number of amides is 1. The molecule has 4 heteroatoms. The molecule has 2 aromatic rings. The Kier molecular flexibility index (Phi) is 5.71. The minimum absolute atomic E-state index is 0.0936. The van der Waals surface area contributed by atoms with Crippen molar-refractivity contribution in [3.63, 3.8) is 0 Å². The van der Waals surface area contributed by atoms with Gasteiger partial charge in [0.25, 0.3) is 5.91 Å². The molecule has 2 aromatic carbocycles. The highest BCUT2D eigenvalue weighted by molar-refractivity contribution is 5.97. The summed E-state index contributed by atoms with van der Waals surface area (Å²) in [6, 6.07) is 14.1. The van der Waals surface area contributed by atoms with Crippen molar-refractivity contribution in [2.24, 2.45) is 0 Å². The lowest BCUT2D eigenvalue weighted by Gasteiger charge is -2.16. The van der Waals surface area contributed by atoms with Gasteiger partial charge in [-0.15, -0.1) is 0 Å². The van der Waals surface area contributed by atoms with E-state index in [0.29, 0.717) is 17.9 Å². The average molecular weight is 339 g/mol. The largest absolute Gasteiger partial charge is 0.496 e. The molecule has 0 saturated carbocycles. The van der Waals surface area contributed by atoms with Crippen LogP contribution in [0.25, 0.3) is 0 Å². The van der Waals surface area contributed by atoms with E-state index in [0.717, 1.165) is 12.1 Å². The monoisotopic (exact) mass is 339 g/mol. The zero-order valence-electron chi connectivity index (χ0n) is 15.1. The molecule has 0 spiro atoms. The van der Waals surface area contributed by atoms with Crippen molar-refractivity contribution in [2.45, 2.75) is 32.9 Å². The molecule has 4 nitrogen and oxygen atoms in total. The number of carbonyl (C=O) groups is 1. The van der Waals surface area contributed by atoms with Crippen LogP contribution in [-0.2, 0) is 13.1 Å². The van der Waals surface area contributed by atoms with Crippen LogP contribution in [0, 0.1) is 6.92 Å².